The van der Waals surface area contributed by atoms with Gasteiger partial charge in [0.05, 0.1) is 16.5 Å². The van der Waals surface area contributed by atoms with Crippen LogP contribution in [0, 0.1) is 0 Å². The molecule has 0 aromatic heterocycles. The van der Waals surface area contributed by atoms with Crippen LogP contribution in [0.4, 0.5) is 17.1 Å². The smallest absolute Gasteiger partial charge is 0.0723 e. The molecule has 14 rings (SSSR count). The van der Waals surface area contributed by atoms with E-state index in [1.165, 1.54) is 112 Å². The van der Waals surface area contributed by atoms with Crippen LogP contribution in [0.15, 0.2) is 230 Å². The summed E-state index contributed by atoms with van der Waals surface area (Å²) in [7, 11) is 0. The van der Waals surface area contributed by atoms with Crippen LogP contribution >= 0.6 is 0 Å². The summed E-state index contributed by atoms with van der Waals surface area (Å²) < 4.78 is 0. The van der Waals surface area contributed by atoms with Crippen LogP contribution in [0.2, 0.25) is 0 Å². The van der Waals surface area contributed by atoms with E-state index in [4.69, 9.17) is 0 Å². The summed E-state index contributed by atoms with van der Waals surface area (Å²) in [5, 5.41) is 0. The molecule has 0 unspecified atom stereocenters. The first kappa shape index (κ1) is 37.6. The summed E-state index contributed by atoms with van der Waals surface area (Å²) in [5.74, 6) is 0. The van der Waals surface area contributed by atoms with E-state index in [-0.39, 0.29) is 5.41 Å². The van der Waals surface area contributed by atoms with Gasteiger partial charge in [-0.15, -0.1) is 0 Å². The highest BCUT2D eigenvalue weighted by atomic mass is 15.1. The van der Waals surface area contributed by atoms with E-state index in [1.54, 1.807) is 0 Å². The first-order valence-corrected chi connectivity index (χ1v) is 23.7. The van der Waals surface area contributed by atoms with Crippen molar-refractivity contribution in [2.45, 2.75) is 42.9 Å². The third kappa shape index (κ3) is 4.70. The third-order valence-corrected chi connectivity index (χ3v) is 16.0. The van der Waals surface area contributed by atoms with Crippen molar-refractivity contribution in [2.75, 3.05) is 4.90 Å². The molecule has 66 heavy (non-hydrogen) atoms. The number of benzene rings is 9. The van der Waals surface area contributed by atoms with Crippen LogP contribution in [0.3, 0.4) is 0 Å². The summed E-state index contributed by atoms with van der Waals surface area (Å²) in [6, 6.07) is 80.7. The minimum absolute atomic E-state index is 0.162. The zero-order chi connectivity index (χ0) is 43.8. The highest BCUT2D eigenvalue weighted by molar-refractivity contribution is 6.05. The largest absolute Gasteiger partial charge is 0.310 e. The van der Waals surface area contributed by atoms with Crippen LogP contribution in [-0.2, 0) is 16.2 Å². The Balaban J connectivity index is 1.08. The SMILES string of the molecule is CC1(C)c2ccccc2-c2ccc(N(c3ccc4c(c3)C(c3ccccc3)(c3ccccc3)c3ccccc3-4)c3cccc4c3C3=CCCC=C3C43c4ccccc4-c4ccccc43)cc21. The van der Waals surface area contributed by atoms with Crippen molar-refractivity contribution in [3.8, 4) is 33.4 Å². The minimum atomic E-state index is -0.528. The van der Waals surface area contributed by atoms with E-state index in [9.17, 15) is 0 Å². The van der Waals surface area contributed by atoms with Gasteiger partial charge in [0.25, 0.3) is 0 Å². The lowest BCUT2D eigenvalue weighted by Gasteiger charge is -2.35. The van der Waals surface area contributed by atoms with Gasteiger partial charge in [0.1, 0.15) is 0 Å². The molecule has 1 nitrogen and oxygen atoms in total. The lowest BCUT2D eigenvalue weighted by molar-refractivity contribution is 0.660. The normalized spacial score (nSPS) is 16.5. The topological polar surface area (TPSA) is 3.24 Å². The molecule has 0 saturated carbocycles. The molecule has 9 aromatic carbocycles. The van der Waals surface area contributed by atoms with E-state index in [0.717, 1.165) is 18.5 Å². The van der Waals surface area contributed by atoms with Crippen molar-refractivity contribution in [3.05, 3.63) is 286 Å². The fraction of sp³-hybridized carbons (Fsp3) is 0.108. The van der Waals surface area contributed by atoms with Gasteiger partial charge in [-0.25, -0.2) is 0 Å². The van der Waals surface area contributed by atoms with Crippen LogP contribution in [0.1, 0.15) is 82.3 Å². The van der Waals surface area contributed by atoms with Crippen LogP contribution in [-0.4, -0.2) is 0 Å². The van der Waals surface area contributed by atoms with Gasteiger partial charge in [-0.3, -0.25) is 0 Å². The highest BCUT2D eigenvalue weighted by Gasteiger charge is 2.55. The van der Waals surface area contributed by atoms with Gasteiger partial charge >= 0.3 is 0 Å². The number of allylic oxidation sites excluding steroid dienone is 4. The second-order valence-electron chi connectivity index (χ2n) is 19.3. The molecule has 0 aliphatic heterocycles. The van der Waals surface area contributed by atoms with Gasteiger partial charge in [0, 0.05) is 22.4 Å². The van der Waals surface area contributed by atoms with Crippen LogP contribution in [0.25, 0.3) is 39.0 Å². The van der Waals surface area contributed by atoms with E-state index in [0.29, 0.717) is 0 Å². The molecule has 0 fully saturated rings. The molecule has 1 heteroatoms. The quantitative estimate of drug-likeness (QED) is 0.167. The summed E-state index contributed by atoms with van der Waals surface area (Å²) in [6.07, 6.45) is 7.17. The molecular formula is C65H47N. The first-order chi connectivity index (χ1) is 32.5. The Labute approximate surface area is 387 Å². The Bertz CT molecular complexity index is 3480. The fourth-order valence-corrected chi connectivity index (χ4v) is 13.4. The second kappa shape index (κ2) is 13.6. The van der Waals surface area contributed by atoms with Crippen LogP contribution in [0.5, 0.6) is 0 Å². The Morgan fingerprint density at radius 2 is 0.788 bits per heavy atom. The maximum atomic E-state index is 2.61. The lowest BCUT2D eigenvalue weighted by Crippen LogP contribution is -2.28. The molecule has 0 bridgehead atoms. The minimum Gasteiger partial charge on any atom is -0.310 e. The van der Waals surface area contributed by atoms with Gasteiger partial charge in [-0.2, -0.15) is 0 Å². The average Bonchev–Trinajstić information content (AvgIpc) is 4.04. The molecule has 5 aliphatic rings. The molecule has 9 aromatic rings. The maximum absolute atomic E-state index is 2.61. The van der Waals surface area contributed by atoms with Gasteiger partial charge < -0.3 is 4.90 Å². The van der Waals surface area contributed by atoms with E-state index in [1.807, 2.05) is 0 Å². The third-order valence-electron chi connectivity index (χ3n) is 16.0. The predicted octanol–water partition coefficient (Wildman–Crippen LogP) is 16.3. The van der Waals surface area contributed by atoms with Gasteiger partial charge in [0.2, 0.25) is 0 Å². The molecule has 0 heterocycles. The number of anilines is 3. The molecule has 1 spiro atoms. The van der Waals surface area contributed by atoms with E-state index in [2.05, 4.69) is 243 Å². The van der Waals surface area contributed by atoms with Crippen molar-refractivity contribution in [2.24, 2.45) is 0 Å². The molecular weight excluding hydrogens is 795 g/mol. The number of hydrogen-bond acceptors (Lipinski definition) is 1. The molecule has 0 saturated heterocycles. The van der Waals surface area contributed by atoms with Crippen LogP contribution < -0.4 is 4.90 Å². The van der Waals surface area contributed by atoms with Crippen molar-refractivity contribution in [1.29, 1.82) is 0 Å². The summed E-state index contributed by atoms with van der Waals surface area (Å²) in [6.45, 7) is 4.80. The zero-order valence-electron chi connectivity index (χ0n) is 37.2. The van der Waals surface area contributed by atoms with Crippen molar-refractivity contribution in [3.63, 3.8) is 0 Å². The summed E-state index contributed by atoms with van der Waals surface area (Å²) in [4.78, 5) is 2.61. The maximum Gasteiger partial charge on any atom is 0.0723 e. The molecule has 0 atom stereocenters. The average molecular weight is 842 g/mol. The standard InChI is InChI=1S/C65H47N/c1-63(2)53-29-14-9-24-46(53)50-38-36-44(40-59(50)63)66(45-37-39-51-49-27-10-15-30-54(49)64(60(51)41-45,42-20-5-3-6-21-42)43-22-7-4-8-23-43)61-35-19-34-58-62(61)52-28-13-18-33-57(52)65(58)55-31-16-11-25-47(55)48-26-12-17-32-56(48)65/h3-12,14-17,19-41H,13,18H2,1-2H3. The number of nitrogens with zero attached hydrogens (tertiary/aromatic N) is 1. The van der Waals surface area contributed by atoms with Gasteiger partial charge in [0.15, 0.2) is 0 Å². The first-order valence-electron chi connectivity index (χ1n) is 23.7. The van der Waals surface area contributed by atoms with Gasteiger partial charge in [-0.05, 0) is 138 Å². The molecule has 0 radical (unpaired) electrons. The Morgan fingerprint density at radius 3 is 1.38 bits per heavy atom. The molecule has 312 valence electrons. The Hall–Kier alpha value is -7.74. The second-order valence-corrected chi connectivity index (χ2v) is 19.3. The number of hydrogen-bond donors (Lipinski definition) is 0. The Morgan fingerprint density at radius 1 is 0.348 bits per heavy atom. The van der Waals surface area contributed by atoms with Crippen molar-refractivity contribution < 1.29 is 0 Å². The van der Waals surface area contributed by atoms with Gasteiger partial charge in [-0.1, -0.05) is 208 Å². The fourth-order valence-electron chi connectivity index (χ4n) is 13.4. The molecule has 0 amide bonds. The lowest BCUT2D eigenvalue weighted by atomic mass is 9.67. The molecule has 5 aliphatic carbocycles. The Kier molecular flexibility index (Phi) is 7.78. The monoisotopic (exact) mass is 841 g/mol. The van der Waals surface area contributed by atoms with E-state index >= 15 is 0 Å². The number of fused-ring (bicyclic) bond motifs is 16. The zero-order valence-corrected chi connectivity index (χ0v) is 37.2. The number of rotatable bonds is 5. The van der Waals surface area contributed by atoms with Crippen molar-refractivity contribution in [1.82, 2.24) is 0 Å². The predicted molar refractivity (Wildman–Crippen MR) is 273 cm³/mol. The summed E-state index contributed by atoms with van der Waals surface area (Å²) >= 11 is 0. The highest BCUT2D eigenvalue weighted by Crippen LogP contribution is 2.67. The van der Waals surface area contributed by atoms with Crippen molar-refractivity contribution >= 4 is 22.6 Å². The molecule has 0 N–H and O–H groups in total. The summed E-state index contributed by atoms with van der Waals surface area (Å²) in [5.41, 5.74) is 26.5. The van der Waals surface area contributed by atoms with E-state index < -0.39 is 10.8 Å².